The third-order valence-electron chi connectivity index (χ3n) is 5.17. The molecule has 0 bridgehead atoms. The maximum absolute atomic E-state index is 13.1. The first-order valence-corrected chi connectivity index (χ1v) is 10.5. The van der Waals surface area contributed by atoms with Gasteiger partial charge in [-0.3, -0.25) is 19.3 Å². The summed E-state index contributed by atoms with van der Waals surface area (Å²) < 4.78 is 11.3. The van der Waals surface area contributed by atoms with Crippen molar-refractivity contribution in [3.63, 3.8) is 0 Å². The number of hydrogen-bond acceptors (Lipinski definition) is 5. The van der Waals surface area contributed by atoms with E-state index in [9.17, 15) is 14.4 Å². The molecule has 1 aliphatic heterocycles. The summed E-state index contributed by atoms with van der Waals surface area (Å²) in [7, 11) is 1.55. The molecule has 7 nitrogen and oxygen atoms in total. The third-order valence-corrected chi connectivity index (χ3v) is 5.17. The summed E-state index contributed by atoms with van der Waals surface area (Å²) in [4.78, 5) is 37.9. The van der Waals surface area contributed by atoms with Gasteiger partial charge in [-0.1, -0.05) is 38.1 Å². The predicted molar refractivity (Wildman–Crippen MR) is 121 cm³/mol. The summed E-state index contributed by atoms with van der Waals surface area (Å²) in [5.74, 6) is -0.411. The number of imide groups is 1. The van der Waals surface area contributed by atoms with Crippen LogP contribution in [0.15, 0.2) is 42.5 Å². The van der Waals surface area contributed by atoms with E-state index in [0.717, 1.165) is 11.3 Å². The molecule has 0 unspecified atom stereocenters. The molecule has 0 fully saturated rings. The summed E-state index contributed by atoms with van der Waals surface area (Å²) in [6.07, 6.45) is 2.28. The van der Waals surface area contributed by atoms with Crippen LogP contribution in [0, 0.1) is 5.92 Å². The number of rotatable bonds is 9. The number of carboxylic acid groups (broad SMARTS) is 1. The molecule has 0 saturated heterocycles. The van der Waals surface area contributed by atoms with Crippen molar-refractivity contribution in [1.29, 1.82) is 0 Å². The molecule has 168 valence electrons. The molecule has 1 heterocycles. The van der Waals surface area contributed by atoms with Gasteiger partial charge >= 0.3 is 5.97 Å². The number of methoxy groups -OCH3 is 1. The molecule has 0 aliphatic carbocycles. The van der Waals surface area contributed by atoms with Crippen LogP contribution in [-0.2, 0) is 9.59 Å². The Balaban J connectivity index is 1.96. The first-order valence-electron chi connectivity index (χ1n) is 10.5. The zero-order chi connectivity index (χ0) is 23.3. The van der Waals surface area contributed by atoms with E-state index >= 15 is 0 Å². The van der Waals surface area contributed by atoms with Crippen molar-refractivity contribution in [2.45, 2.75) is 26.7 Å². The Hall–Kier alpha value is -3.61. The molecule has 1 N–H and O–H groups in total. The monoisotopic (exact) mass is 437 g/mol. The van der Waals surface area contributed by atoms with E-state index in [0.29, 0.717) is 46.3 Å². The number of hydrogen-bond donors (Lipinski definition) is 1. The standard InChI is InChI=1S/C25H27NO6/c1-16(2)11-13-32-21-9-8-17(15-22(21)31-3)14-20-18-6-4-5-7-19(18)24(29)26(25(20)30)12-10-23(27)28/h4-9,14-16H,10-13H2,1-3H3,(H,27,28)/b20-14+. The first-order chi connectivity index (χ1) is 15.3. The van der Waals surface area contributed by atoms with Crippen LogP contribution < -0.4 is 9.47 Å². The lowest BCUT2D eigenvalue weighted by Gasteiger charge is -2.28. The number of carboxylic acids is 1. The first kappa shape index (κ1) is 23.1. The second-order valence-corrected chi connectivity index (χ2v) is 7.95. The molecule has 2 amide bonds. The van der Waals surface area contributed by atoms with Crippen LogP contribution in [0.4, 0.5) is 0 Å². The van der Waals surface area contributed by atoms with Crippen molar-refractivity contribution >= 4 is 29.4 Å². The average molecular weight is 437 g/mol. The summed E-state index contributed by atoms with van der Waals surface area (Å²) >= 11 is 0. The highest BCUT2D eigenvalue weighted by atomic mass is 16.5. The molecule has 0 atom stereocenters. The number of nitrogens with zero attached hydrogens (tertiary/aromatic N) is 1. The molecular weight excluding hydrogens is 410 g/mol. The van der Waals surface area contributed by atoms with Crippen LogP contribution in [0.2, 0.25) is 0 Å². The Labute approximate surface area is 187 Å². The van der Waals surface area contributed by atoms with Gasteiger partial charge in [-0.05, 0) is 47.7 Å². The number of benzene rings is 2. The fourth-order valence-electron chi connectivity index (χ4n) is 3.42. The highest BCUT2D eigenvalue weighted by molar-refractivity contribution is 6.33. The fourth-order valence-corrected chi connectivity index (χ4v) is 3.42. The van der Waals surface area contributed by atoms with Gasteiger partial charge < -0.3 is 14.6 Å². The SMILES string of the molecule is COc1cc(/C=C2/C(=O)N(CCC(=O)O)C(=O)c3ccccc32)ccc1OCCC(C)C. The highest BCUT2D eigenvalue weighted by Gasteiger charge is 2.34. The van der Waals surface area contributed by atoms with E-state index in [1.165, 1.54) is 0 Å². The minimum atomic E-state index is -1.08. The Bertz CT molecular complexity index is 1060. The molecule has 0 radical (unpaired) electrons. The molecular formula is C25H27NO6. The van der Waals surface area contributed by atoms with Gasteiger partial charge in [-0.15, -0.1) is 0 Å². The third kappa shape index (κ3) is 5.17. The van der Waals surface area contributed by atoms with Crippen molar-refractivity contribution in [2.24, 2.45) is 5.92 Å². The highest BCUT2D eigenvalue weighted by Crippen LogP contribution is 2.33. The molecule has 2 aromatic carbocycles. The van der Waals surface area contributed by atoms with E-state index in [2.05, 4.69) is 13.8 Å². The quantitative estimate of drug-likeness (QED) is 0.469. The Morgan fingerprint density at radius 3 is 2.44 bits per heavy atom. The zero-order valence-corrected chi connectivity index (χ0v) is 18.5. The van der Waals surface area contributed by atoms with Gasteiger partial charge in [0.25, 0.3) is 11.8 Å². The smallest absolute Gasteiger partial charge is 0.305 e. The molecule has 0 aromatic heterocycles. The van der Waals surface area contributed by atoms with Crippen LogP contribution in [0.1, 0.15) is 48.2 Å². The van der Waals surface area contributed by atoms with E-state index in [1.54, 1.807) is 49.6 Å². The zero-order valence-electron chi connectivity index (χ0n) is 18.5. The maximum Gasteiger partial charge on any atom is 0.305 e. The van der Waals surface area contributed by atoms with Crippen LogP contribution in [0.3, 0.4) is 0 Å². The van der Waals surface area contributed by atoms with E-state index in [4.69, 9.17) is 14.6 Å². The summed E-state index contributed by atoms with van der Waals surface area (Å²) in [6, 6.07) is 12.2. The number of amides is 2. The van der Waals surface area contributed by atoms with E-state index in [1.807, 2.05) is 6.07 Å². The lowest BCUT2D eigenvalue weighted by Crippen LogP contribution is -2.42. The topological polar surface area (TPSA) is 93.1 Å². The van der Waals surface area contributed by atoms with Gasteiger partial charge in [-0.25, -0.2) is 0 Å². The van der Waals surface area contributed by atoms with Gasteiger partial charge in [0.05, 0.1) is 20.1 Å². The Morgan fingerprint density at radius 1 is 1.06 bits per heavy atom. The second kappa shape index (κ2) is 10.1. The van der Waals surface area contributed by atoms with Crippen LogP contribution >= 0.6 is 0 Å². The molecule has 1 aliphatic rings. The predicted octanol–water partition coefficient (Wildman–Crippen LogP) is 4.12. The fraction of sp³-hybridized carbons (Fsp3) is 0.320. The summed E-state index contributed by atoms with van der Waals surface area (Å²) in [5.41, 5.74) is 1.90. The summed E-state index contributed by atoms with van der Waals surface area (Å²) in [5, 5.41) is 9.00. The maximum atomic E-state index is 13.1. The van der Waals surface area contributed by atoms with Gasteiger partial charge in [0, 0.05) is 17.7 Å². The minimum Gasteiger partial charge on any atom is -0.493 e. The summed E-state index contributed by atoms with van der Waals surface area (Å²) in [6.45, 7) is 4.63. The van der Waals surface area contributed by atoms with Gasteiger partial charge in [-0.2, -0.15) is 0 Å². The number of carbonyl (C=O) groups is 3. The van der Waals surface area contributed by atoms with Crippen molar-refractivity contribution in [1.82, 2.24) is 4.90 Å². The molecule has 32 heavy (non-hydrogen) atoms. The van der Waals surface area contributed by atoms with Gasteiger partial charge in [0.15, 0.2) is 11.5 Å². The largest absolute Gasteiger partial charge is 0.493 e. The van der Waals surface area contributed by atoms with Gasteiger partial charge in [0.2, 0.25) is 0 Å². The van der Waals surface area contributed by atoms with E-state index < -0.39 is 17.8 Å². The normalized spacial score (nSPS) is 14.6. The molecule has 7 heteroatoms. The van der Waals surface area contributed by atoms with Crippen LogP contribution in [0.25, 0.3) is 11.6 Å². The number of ether oxygens (including phenoxy) is 2. The van der Waals surface area contributed by atoms with E-state index in [-0.39, 0.29) is 13.0 Å². The van der Waals surface area contributed by atoms with Crippen molar-refractivity contribution in [2.75, 3.05) is 20.3 Å². The molecule has 3 rings (SSSR count). The Kier molecular flexibility index (Phi) is 7.30. The lowest BCUT2D eigenvalue weighted by atomic mass is 9.92. The molecule has 2 aromatic rings. The number of carbonyl (C=O) groups excluding carboxylic acids is 2. The molecule has 0 spiro atoms. The Morgan fingerprint density at radius 2 is 1.78 bits per heavy atom. The second-order valence-electron chi connectivity index (χ2n) is 7.95. The van der Waals surface area contributed by atoms with Crippen LogP contribution in [0.5, 0.6) is 11.5 Å². The van der Waals surface area contributed by atoms with Crippen molar-refractivity contribution in [3.8, 4) is 11.5 Å². The van der Waals surface area contributed by atoms with Crippen molar-refractivity contribution < 1.29 is 29.0 Å². The molecule has 0 saturated carbocycles. The lowest BCUT2D eigenvalue weighted by molar-refractivity contribution is -0.137. The van der Waals surface area contributed by atoms with Gasteiger partial charge in [0.1, 0.15) is 0 Å². The van der Waals surface area contributed by atoms with Crippen molar-refractivity contribution in [3.05, 3.63) is 59.2 Å². The number of aliphatic carboxylic acids is 1. The average Bonchev–Trinajstić information content (AvgIpc) is 2.76. The van der Waals surface area contributed by atoms with Crippen LogP contribution in [-0.4, -0.2) is 48.1 Å². The number of fused-ring (bicyclic) bond motifs is 1. The minimum absolute atomic E-state index is 0.190.